The van der Waals surface area contributed by atoms with Crippen molar-refractivity contribution in [2.24, 2.45) is 0 Å². The first kappa shape index (κ1) is 17.7. The van der Waals surface area contributed by atoms with Gasteiger partial charge in [-0.1, -0.05) is 12.1 Å². The van der Waals surface area contributed by atoms with Gasteiger partial charge in [-0.25, -0.2) is 4.79 Å². The zero-order chi connectivity index (χ0) is 18.5. The number of ether oxygens (including phenoxy) is 1. The predicted octanol–water partition coefficient (Wildman–Crippen LogP) is 2.68. The van der Waals surface area contributed by atoms with Gasteiger partial charge in [0.1, 0.15) is 0 Å². The summed E-state index contributed by atoms with van der Waals surface area (Å²) in [5.74, 6) is -0.561. The molecule has 0 spiro atoms. The van der Waals surface area contributed by atoms with E-state index in [1.807, 2.05) is 6.07 Å². The van der Waals surface area contributed by atoms with Crippen LogP contribution in [0.4, 0.5) is 5.69 Å². The van der Waals surface area contributed by atoms with Gasteiger partial charge in [-0.15, -0.1) is 0 Å². The van der Waals surface area contributed by atoms with Gasteiger partial charge in [-0.2, -0.15) is 0 Å². The average Bonchev–Trinajstić information content (AvgIpc) is 2.85. The SMILES string of the molecule is COC(=O)c1ccc(CNC(=O)c2ccc3c(c2)CCCC(=O)N3)cc1. The lowest BCUT2D eigenvalue weighted by atomic mass is 10.0. The van der Waals surface area contributed by atoms with Gasteiger partial charge < -0.3 is 15.4 Å². The molecule has 0 atom stereocenters. The van der Waals surface area contributed by atoms with Crippen molar-refractivity contribution in [3.05, 3.63) is 64.7 Å². The molecule has 2 amide bonds. The smallest absolute Gasteiger partial charge is 0.337 e. The first-order valence-corrected chi connectivity index (χ1v) is 8.45. The molecule has 3 rings (SSSR count). The van der Waals surface area contributed by atoms with Crippen molar-refractivity contribution in [3.8, 4) is 0 Å². The molecule has 0 saturated carbocycles. The number of aryl methyl sites for hydroxylation is 1. The molecule has 2 N–H and O–H groups in total. The summed E-state index contributed by atoms with van der Waals surface area (Å²) >= 11 is 0. The monoisotopic (exact) mass is 352 g/mol. The van der Waals surface area contributed by atoms with Gasteiger partial charge in [0.05, 0.1) is 12.7 Å². The van der Waals surface area contributed by atoms with Gasteiger partial charge in [-0.05, 0) is 54.3 Å². The van der Waals surface area contributed by atoms with Gasteiger partial charge in [-0.3, -0.25) is 9.59 Å². The molecule has 6 heteroatoms. The minimum Gasteiger partial charge on any atom is -0.465 e. The standard InChI is InChI=1S/C20H20N2O4/c1-26-20(25)14-7-5-13(6-8-14)12-21-19(24)16-9-10-17-15(11-16)3-2-4-18(23)22-17/h5-11H,2-4,12H2,1H3,(H,21,24)(H,22,23). The zero-order valence-corrected chi connectivity index (χ0v) is 14.5. The number of benzene rings is 2. The molecular weight excluding hydrogens is 332 g/mol. The maximum absolute atomic E-state index is 12.4. The number of hydrogen-bond acceptors (Lipinski definition) is 4. The van der Waals surface area contributed by atoms with Crippen molar-refractivity contribution in [3.63, 3.8) is 0 Å². The van der Waals surface area contributed by atoms with E-state index in [0.29, 0.717) is 24.1 Å². The Bertz CT molecular complexity index is 843. The van der Waals surface area contributed by atoms with E-state index in [1.54, 1.807) is 36.4 Å². The first-order valence-electron chi connectivity index (χ1n) is 8.45. The van der Waals surface area contributed by atoms with Crippen molar-refractivity contribution in [2.45, 2.75) is 25.8 Å². The highest BCUT2D eigenvalue weighted by Crippen LogP contribution is 2.23. The zero-order valence-electron chi connectivity index (χ0n) is 14.5. The highest BCUT2D eigenvalue weighted by atomic mass is 16.5. The van der Waals surface area contributed by atoms with Crippen LogP contribution in [0.15, 0.2) is 42.5 Å². The van der Waals surface area contributed by atoms with Crippen LogP contribution in [0.3, 0.4) is 0 Å². The van der Waals surface area contributed by atoms with E-state index in [9.17, 15) is 14.4 Å². The molecule has 0 bridgehead atoms. The third-order valence-electron chi connectivity index (χ3n) is 4.32. The normalized spacial score (nSPS) is 13.2. The molecule has 0 radical (unpaired) electrons. The number of anilines is 1. The van der Waals surface area contributed by atoms with Crippen LogP contribution in [-0.4, -0.2) is 24.9 Å². The fourth-order valence-electron chi connectivity index (χ4n) is 2.88. The maximum Gasteiger partial charge on any atom is 0.337 e. The summed E-state index contributed by atoms with van der Waals surface area (Å²) in [6, 6.07) is 12.2. The van der Waals surface area contributed by atoms with Gasteiger partial charge >= 0.3 is 5.97 Å². The summed E-state index contributed by atoms with van der Waals surface area (Å²) < 4.78 is 4.66. The highest BCUT2D eigenvalue weighted by molar-refractivity contribution is 5.97. The Balaban J connectivity index is 1.64. The molecule has 0 unspecified atom stereocenters. The van der Waals surface area contributed by atoms with Crippen molar-refractivity contribution in [1.29, 1.82) is 0 Å². The third kappa shape index (κ3) is 4.08. The maximum atomic E-state index is 12.4. The Hall–Kier alpha value is -3.15. The lowest BCUT2D eigenvalue weighted by molar-refractivity contribution is -0.116. The molecule has 1 heterocycles. The quantitative estimate of drug-likeness (QED) is 0.829. The van der Waals surface area contributed by atoms with Crippen molar-refractivity contribution in [2.75, 3.05) is 12.4 Å². The molecule has 0 fully saturated rings. The number of esters is 1. The van der Waals surface area contributed by atoms with E-state index in [1.165, 1.54) is 7.11 Å². The van der Waals surface area contributed by atoms with Gasteiger partial charge in [0, 0.05) is 24.2 Å². The topological polar surface area (TPSA) is 84.5 Å². The van der Waals surface area contributed by atoms with E-state index in [-0.39, 0.29) is 11.8 Å². The van der Waals surface area contributed by atoms with Crippen LogP contribution < -0.4 is 10.6 Å². The minimum absolute atomic E-state index is 0.0105. The van der Waals surface area contributed by atoms with Crippen molar-refractivity contribution in [1.82, 2.24) is 5.32 Å². The predicted molar refractivity (Wildman–Crippen MR) is 97.0 cm³/mol. The minimum atomic E-state index is -0.391. The Morgan fingerprint density at radius 3 is 2.54 bits per heavy atom. The molecular formula is C20H20N2O4. The van der Waals surface area contributed by atoms with Crippen LogP contribution in [0.25, 0.3) is 0 Å². The number of methoxy groups -OCH3 is 1. The van der Waals surface area contributed by atoms with Crippen molar-refractivity contribution >= 4 is 23.5 Å². The molecule has 26 heavy (non-hydrogen) atoms. The number of fused-ring (bicyclic) bond motifs is 1. The Labute approximate surface area is 151 Å². The fraction of sp³-hybridized carbons (Fsp3) is 0.250. The summed E-state index contributed by atoms with van der Waals surface area (Å²) in [5, 5.41) is 5.72. The molecule has 6 nitrogen and oxygen atoms in total. The second-order valence-corrected chi connectivity index (χ2v) is 6.14. The van der Waals surface area contributed by atoms with E-state index >= 15 is 0 Å². The van der Waals surface area contributed by atoms with Gasteiger partial charge in [0.25, 0.3) is 5.91 Å². The lowest BCUT2D eigenvalue weighted by Crippen LogP contribution is -2.23. The first-order chi connectivity index (χ1) is 12.6. The highest BCUT2D eigenvalue weighted by Gasteiger charge is 2.15. The van der Waals surface area contributed by atoms with E-state index < -0.39 is 5.97 Å². The van der Waals surface area contributed by atoms with Crippen LogP contribution in [0, 0.1) is 0 Å². The molecule has 0 saturated heterocycles. The van der Waals surface area contributed by atoms with Crippen LogP contribution in [0.5, 0.6) is 0 Å². The summed E-state index contributed by atoms with van der Waals surface area (Å²) in [6.07, 6.45) is 2.04. The summed E-state index contributed by atoms with van der Waals surface area (Å²) in [6.45, 7) is 0.355. The Morgan fingerprint density at radius 1 is 1.08 bits per heavy atom. The molecule has 1 aliphatic rings. The van der Waals surface area contributed by atoms with Crippen LogP contribution in [0.2, 0.25) is 0 Å². The van der Waals surface area contributed by atoms with E-state index in [0.717, 1.165) is 29.7 Å². The number of amides is 2. The van der Waals surface area contributed by atoms with Gasteiger partial charge in [0.15, 0.2) is 0 Å². The molecule has 134 valence electrons. The molecule has 2 aromatic carbocycles. The number of nitrogens with one attached hydrogen (secondary N) is 2. The largest absolute Gasteiger partial charge is 0.465 e. The Morgan fingerprint density at radius 2 is 1.81 bits per heavy atom. The number of rotatable bonds is 4. The van der Waals surface area contributed by atoms with Crippen LogP contribution >= 0.6 is 0 Å². The number of carbonyl (C=O) groups excluding carboxylic acids is 3. The molecule has 2 aromatic rings. The summed E-state index contributed by atoms with van der Waals surface area (Å²) in [7, 11) is 1.34. The second-order valence-electron chi connectivity index (χ2n) is 6.14. The number of carbonyl (C=O) groups is 3. The van der Waals surface area contributed by atoms with Crippen LogP contribution in [0.1, 0.15) is 44.7 Å². The van der Waals surface area contributed by atoms with E-state index in [4.69, 9.17) is 0 Å². The number of hydrogen-bond donors (Lipinski definition) is 2. The lowest BCUT2D eigenvalue weighted by Gasteiger charge is -2.10. The summed E-state index contributed by atoms with van der Waals surface area (Å²) in [4.78, 5) is 35.4. The molecule has 0 aliphatic carbocycles. The van der Waals surface area contributed by atoms with Crippen molar-refractivity contribution < 1.29 is 19.1 Å². The molecule has 0 aromatic heterocycles. The Kier molecular flexibility index (Phi) is 5.31. The average molecular weight is 352 g/mol. The fourth-order valence-corrected chi connectivity index (χ4v) is 2.88. The van der Waals surface area contributed by atoms with Crippen LogP contribution in [-0.2, 0) is 22.5 Å². The van der Waals surface area contributed by atoms with Gasteiger partial charge in [0.2, 0.25) is 5.91 Å². The summed E-state index contributed by atoms with van der Waals surface area (Å²) in [5.41, 5.74) is 3.67. The molecule has 1 aliphatic heterocycles. The second kappa shape index (κ2) is 7.82. The third-order valence-corrected chi connectivity index (χ3v) is 4.32. The van der Waals surface area contributed by atoms with E-state index in [2.05, 4.69) is 15.4 Å².